The molecule has 0 aliphatic carbocycles. The Bertz CT molecular complexity index is 251. The third-order valence-electron chi connectivity index (χ3n) is 2.41. The Morgan fingerprint density at radius 3 is 2.07 bits per heavy atom. The fourth-order valence-electron chi connectivity index (χ4n) is 1.17. The van der Waals surface area contributed by atoms with Crippen LogP contribution in [0.5, 0.6) is 0 Å². The smallest absolute Gasteiger partial charge is 0.0128 e. The van der Waals surface area contributed by atoms with Crippen LogP contribution in [0.25, 0.3) is 0 Å². The van der Waals surface area contributed by atoms with E-state index in [-0.39, 0.29) is 23.9 Å². The first-order chi connectivity index (χ1) is 6.00. The Morgan fingerprint density at radius 1 is 1.14 bits per heavy atom. The lowest BCUT2D eigenvalue weighted by atomic mass is 9.84. The maximum atomic E-state index is 6.08. The molecule has 0 fully saturated rings. The molecule has 0 unspecified atom stereocenters. The van der Waals surface area contributed by atoms with Crippen LogP contribution >= 0.6 is 12.4 Å². The van der Waals surface area contributed by atoms with E-state index in [2.05, 4.69) is 45.0 Å². The van der Waals surface area contributed by atoms with Crippen molar-refractivity contribution < 1.29 is 0 Å². The molecule has 0 aliphatic rings. The van der Waals surface area contributed by atoms with Crippen LogP contribution in [0.3, 0.4) is 0 Å². The van der Waals surface area contributed by atoms with Crippen LogP contribution in [0.1, 0.15) is 26.3 Å². The van der Waals surface area contributed by atoms with Gasteiger partial charge in [0.05, 0.1) is 0 Å². The first-order valence-corrected chi connectivity index (χ1v) is 4.79. The number of nitrogens with two attached hydrogens (primary N) is 1. The van der Waals surface area contributed by atoms with Gasteiger partial charge in [-0.15, -0.1) is 12.4 Å². The number of benzene rings is 1. The van der Waals surface area contributed by atoms with Gasteiger partial charge in [-0.1, -0.05) is 51.1 Å². The Balaban J connectivity index is 0.00000169. The molecule has 0 radical (unpaired) electrons. The maximum absolute atomic E-state index is 6.08. The highest BCUT2D eigenvalue weighted by Gasteiger charge is 2.20. The highest BCUT2D eigenvalue weighted by molar-refractivity contribution is 5.85. The maximum Gasteiger partial charge on any atom is 0.0128 e. The molecular weight excluding hydrogens is 194 g/mol. The fourth-order valence-corrected chi connectivity index (χ4v) is 1.17. The monoisotopic (exact) mass is 213 g/mol. The fraction of sp³-hybridized carbons (Fsp3) is 0.500. The largest absolute Gasteiger partial charge is 0.327 e. The van der Waals surface area contributed by atoms with E-state index in [9.17, 15) is 0 Å². The van der Waals surface area contributed by atoms with Crippen LogP contribution in [0.2, 0.25) is 0 Å². The van der Waals surface area contributed by atoms with Crippen molar-refractivity contribution in [1.82, 2.24) is 0 Å². The van der Waals surface area contributed by atoms with Gasteiger partial charge < -0.3 is 5.73 Å². The minimum absolute atomic E-state index is 0. The molecule has 1 nitrogen and oxygen atoms in total. The van der Waals surface area contributed by atoms with Crippen molar-refractivity contribution in [2.24, 2.45) is 11.1 Å². The molecule has 0 heterocycles. The highest BCUT2D eigenvalue weighted by atomic mass is 35.5. The van der Waals surface area contributed by atoms with Crippen molar-refractivity contribution in [3.8, 4) is 0 Å². The van der Waals surface area contributed by atoms with E-state index < -0.39 is 0 Å². The van der Waals surface area contributed by atoms with Crippen molar-refractivity contribution in [3.05, 3.63) is 35.9 Å². The van der Waals surface area contributed by atoms with Gasteiger partial charge in [-0.2, -0.15) is 0 Å². The number of rotatable bonds is 2. The molecule has 0 saturated heterocycles. The lowest BCUT2D eigenvalue weighted by molar-refractivity contribution is 0.318. The second-order valence-electron chi connectivity index (χ2n) is 4.66. The van der Waals surface area contributed by atoms with Gasteiger partial charge in [-0.25, -0.2) is 0 Å². The molecule has 0 spiro atoms. The first kappa shape index (κ1) is 13.5. The average molecular weight is 214 g/mol. The molecule has 1 aromatic rings. The predicted molar refractivity (Wildman–Crippen MR) is 64.8 cm³/mol. The molecule has 0 bridgehead atoms. The van der Waals surface area contributed by atoms with Gasteiger partial charge in [0, 0.05) is 6.04 Å². The molecule has 0 aliphatic heterocycles. The predicted octanol–water partition coefficient (Wildman–Crippen LogP) is 3.02. The van der Waals surface area contributed by atoms with Crippen LogP contribution in [0.15, 0.2) is 30.3 Å². The van der Waals surface area contributed by atoms with Crippen molar-refractivity contribution in [2.75, 3.05) is 0 Å². The molecule has 2 N–H and O–H groups in total. The molecule has 0 aromatic heterocycles. The average Bonchev–Trinajstić information content (AvgIpc) is 2.04. The van der Waals surface area contributed by atoms with E-state index >= 15 is 0 Å². The molecule has 80 valence electrons. The summed E-state index contributed by atoms with van der Waals surface area (Å²) in [4.78, 5) is 0. The second kappa shape index (κ2) is 5.38. The van der Waals surface area contributed by atoms with E-state index in [1.165, 1.54) is 5.56 Å². The Hall–Kier alpha value is -0.530. The van der Waals surface area contributed by atoms with Crippen LogP contribution in [-0.4, -0.2) is 6.04 Å². The Kier molecular flexibility index (Phi) is 5.17. The summed E-state index contributed by atoms with van der Waals surface area (Å²) in [6, 6.07) is 10.6. The quantitative estimate of drug-likeness (QED) is 0.803. The summed E-state index contributed by atoms with van der Waals surface area (Å²) in [6.45, 7) is 6.54. The summed E-state index contributed by atoms with van der Waals surface area (Å²) in [6.07, 6.45) is 0.963. The van der Waals surface area contributed by atoms with Gasteiger partial charge in [-0.3, -0.25) is 0 Å². The second-order valence-corrected chi connectivity index (χ2v) is 4.66. The van der Waals surface area contributed by atoms with Gasteiger partial charge in [0.25, 0.3) is 0 Å². The van der Waals surface area contributed by atoms with Gasteiger partial charge in [0.2, 0.25) is 0 Å². The highest BCUT2D eigenvalue weighted by Crippen LogP contribution is 2.20. The summed E-state index contributed by atoms with van der Waals surface area (Å²) >= 11 is 0. The van der Waals surface area contributed by atoms with Gasteiger partial charge in [-0.05, 0) is 17.4 Å². The van der Waals surface area contributed by atoms with Crippen LogP contribution in [0.4, 0.5) is 0 Å². The molecule has 0 saturated carbocycles. The number of halogens is 1. The van der Waals surface area contributed by atoms with Gasteiger partial charge in [0.15, 0.2) is 0 Å². The Morgan fingerprint density at radius 2 is 1.64 bits per heavy atom. The summed E-state index contributed by atoms with van der Waals surface area (Å²) in [5, 5.41) is 0. The topological polar surface area (TPSA) is 26.0 Å². The van der Waals surface area contributed by atoms with Crippen molar-refractivity contribution in [2.45, 2.75) is 33.2 Å². The molecule has 1 aromatic carbocycles. The molecule has 14 heavy (non-hydrogen) atoms. The van der Waals surface area contributed by atoms with Crippen LogP contribution in [-0.2, 0) is 6.42 Å². The summed E-state index contributed by atoms with van der Waals surface area (Å²) in [5.41, 5.74) is 7.60. The number of hydrogen-bond donors (Lipinski definition) is 1. The normalized spacial score (nSPS) is 13.1. The third kappa shape index (κ3) is 4.12. The lowest BCUT2D eigenvalue weighted by Crippen LogP contribution is -2.36. The van der Waals surface area contributed by atoms with Crippen LogP contribution in [0, 0.1) is 5.41 Å². The van der Waals surface area contributed by atoms with Crippen LogP contribution < -0.4 is 5.73 Å². The molecule has 1 atom stereocenters. The van der Waals surface area contributed by atoms with Crippen molar-refractivity contribution in [3.63, 3.8) is 0 Å². The third-order valence-corrected chi connectivity index (χ3v) is 2.41. The van der Waals surface area contributed by atoms with E-state index in [1.807, 2.05) is 6.07 Å². The zero-order valence-corrected chi connectivity index (χ0v) is 9.97. The van der Waals surface area contributed by atoms with E-state index in [0.29, 0.717) is 0 Å². The summed E-state index contributed by atoms with van der Waals surface area (Å²) < 4.78 is 0. The zero-order valence-electron chi connectivity index (χ0n) is 9.16. The Labute approximate surface area is 93.1 Å². The zero-order chi connectivity index (χ0) is 9.90. The SMILES string of the molecule is CC(C)(C)[C@@H](N)Cc1ccccc1.Cl. The lowest BCUT2D eigenvalue weighted by Gasteiger charge is -2.27. The van der Waals surface area contributed by atoms with E-state index in [4.69, 9.17) is 5.73 Å². The molecule has 0 amide bonds. The summed E-state index contributed by atoms with van der Waals surface area (Å²) in [5.74, 6) is 0. The van der Waals surface area contributed by atoms with Gasteiger partial charge in [0.1, 0.15) is 0 Å². The number of hydrogen-bond acceptors (Lipinski definition) is 1. The minimum atomic E-state index is 0. The van der Waals surface area contributed by atoms with Crippen molar-refractivity contribution >= 4 is 12.4 Å². The van der Waals surface area contributed by atoms with E-state index in [1.54, 1.807) is 0 Å². The molecular formula is C12H20ClN. The summed E-state index contributed by atoms with van der Waals surface area (Å²) in [7, 11) is 0. The molecule has 2 heteroatoms. The van der Waals surface area contributed by atoms with E-state index in [0.717, 1.165) is 6.42 Å². The minimum Gasteiger partial charge on any atom is -0.327 e. The first-order valence-electron chi connectivity index (χ1n) is 4.79. The van der Waals surface area contributed by atoms with Crippen molar-refractivity contribution in [1.29, 1.82) is 0 Å². The van der Waals surface area contributed by atoms with Gasteiger partial charge >= 0.3 is 0 Å². The molecule has 1 rings (SSSR count). The standard InChI is InChI=1S/C12H19N.ClH/c1-12(2,3)11(13)9-10-7-5-4-6-8-10;/h4-8,11H,9,13H2,1-3H3;1H/t11-;/m0./s1.